The highest BCUT2D eigenvalue weighted by atomic mass is 79.9. The first-order valence-electron chi connectivity index (χ1n) is 3.65. The summed E-state index contributed by atoms with van der Waals surface area (Å²) in [7, 11) is 0. The minimum Gasteiger partial charge on any atom is -0.457 e. The van der Waals surface area contributed by atoms with Crippen LogP contribution in [0, 0.1) is 12.3 Å². The van der Waals surface area contributed by atoms with E-state index >= 15 is 0 Å². The second-order valence-corrected chi connectivity index (χ2v) is 3.20. The Hall–Kier alpha value is -1.21. The third-order valence-electron chi connectivity index (χ3n) is 1.37. The SMILES string of the molecule is C#CCC(=O)NCc1coc(Br)c1. The predicted molar refractivity (Wildman–Crippen MR) is 51.7 cm³/mol. The first-order chi connectivity index (χ1) is 6.22. The molecule has 0 atom stereocenters. The molecular weight excluding hydrogens is 234 g/mol. The van der Waals surface area contributed by atoms with Gasteiger partial charge in [-0.05, 0) is 22.0 Å². The lowest BCUT2D eigenvalue weighted by atomic mass is 10.3. The predicted octanol–water partition coefficient (Wildman–Crippen LogP) is 1.68. The molecule has 13 heavy (non-hydrogen) atoms. The van der Waals surface area contributed by atoms with E-state index in [1.54, 1.807) is 12.3 Å². The first kappa shape index (κ1) is 9.87. The maximum atomic E-state index is 10.9. The molecule has 0 aliphatic carbocycles. The minimum absolute atomic E-state index is 0.110. The van der Waals surface area contributed by atoms with Crippen molar-refractivity contribution in [2.24, 2.45) is 0 Å². The lowest BCUT2D eigenvalue weighted by Gasteiger charge is -1.98. The van der Waals surface area contributed by atoms with Crippen molar-refractivity contribution in [2.45, 2.75) is 13.0 Å². The normalized spacial score (nSPS) is 9.23. The Morgan fingerprint density at radius 3 is 3.08 bits per heavy atom. The zero-order chi connectivity index (χ0) is 9.68. The van der Waals surface area contributed by atoms with E-state index in [4.69, 9.17) is 10.8 Å². The molecule has 0 fully saturated rings. The van der Waals surface area contributed by atoms with E-state index in [2.05, 4.69) is 27.2 Å². The molecule has 0 saturated heterocycles. The molecule has 1 aromatic rings. The van der Waals surface area contributed by atoms with Gasteiger partial charge in [0.1, 0.15) is 0 Å². The van der Waals surface area contributed by atoms with Crippen LogP contribution in [0.3, 0.4) is 0 Å². The van der Waals surface area contributed by atoms with Gasteiger partial charge in [-0.1, -0.05) is 5.92 Å². The molecule has 0 aliphatic heterocycles. The molecule has 3 nitrogen and oxygen atoms in total. The van der Waals surface area contributed by atoms with Gasteiger partial charge in [0.05, 0.1) is 12.7 Å². The molecule has 1 heterocycles. The highest BCUT2D eigenvalue weighted by Gasteiger charge is 2.01. The fourth-order valence-electron chi connectivity index (χ4n) is 0.794. The fraction of sp³-hybridized carbons (Fsp3) is 0.222. The van der Waals surface area contributed by atoms with Gasteiger partial charge >= 0.3 is 0 Å². The van der Waals surface area contributed by atoms with Crippen LogP contribution in [0.1, 0.15) is 12.0 Å². The van der Waals surface area contributed by atoms with Gasteiger partial charge in [-0.15, -0.1) is 6.42 Å². The summed E-state index contributed by atoms with van der Waals surface area (Å²) in [6.45, 7) is 0.440. The number of hydrogen-bond donors (Lipinski definition) is 1. The molecule has 1 amide bonds. The van der Waals surface area contributed by atoms with Gasteiger partial charge in [-0.25, -0.2) is 0 Å². The van der Waals surface area contributed by atoms with E-state index < -0.39 is 0 Å². The lowest BCUT2D eigenvalue weighted by molar-refractivity contribution is -0.120. The molecule has 68 valence electrons. The second kappa shape index (κ2) is 4.73. The van der Waals surface area contributed by atoms with Gasteiger partial charge in [0.2, 0.25) is 5.91 Å². The van der Waals surface area contributed by atoms with Gasteiger partial charge in [0, 0.05) is 12.1 Å². The van der Waals surface area contributed by atoms with E-state index in [-0.39, 0.29) is 12.3 Å². The van der Waals surface area contributed by atoms with E-state index in [0.29, 0.717) is 11.2 Å². The minimum atomic E-state index is -0.153. The summed E-state index contributed by atoms with van der Waals surface area (Å²) in [6, 6.07) is 1.79. The molecule has 0 unspecified atom stereocenters. The summed E-state index contributed by atoms with van der Waals surface area (Å²) in [5.41, 5.74) is 0.900. The van der Waals surface area contributed by atoms with Crippen molar-refractivity contribution >= 4 is 21.8 Å². The number of rotatable bonds is 3. The molecule has 1 N–H and O–H groups in total. The standard InChI is InChI=1S/C9H8BrNO2/c1-2-3-9(12)11-5-7-4-8(10)13-6-7/h1,4,6H,3,5H2,(H,11,12). The van der Waals surface area contributed by atoms with Gasteiger partial charge in [0.15, 0.2) is 4.67 Å². The second-order valence-electron chi connectivity index (χ2n) is 2.42. The average Bonchev–Trinajstić information content (AvgIpc) is 2.49. The summed E-state index contributed by atoms with van der Waals surface area (Å²) in [4.78, 5) is 10.9. The van der Waals surface area contributed by atoms with E-state index in [1.807, 2.05) is 0 Å². The number of terminal acetylenes is 1. The molecule has 1 aromatic heterocycles. The van der Waals surface area contributed by atoms with Crippen LogP contribution in [0.4, 0.5) is 0 Å². The van der Waals surface area contributed by atoms with Crippen LogP contribution >= 0.6 is 15.9 Å². The van der Waals surface area contributed by atoms with Crippen molar-refractivity contribution in [3.05, 3.63) is 22.6 Å². The average molecular weight is 242 g/mol. The van der Waals surface area contributed by atoms with E-state index in [9.17, 15) is 4.79 Å². The molecule has 4 heteroatoms. The molecule has 0 radical (unpaired) electrons. The summed E-state index contributed by atoms with van der Waals surface area (Å²) in [5, 5.41) is 2.65. The van der Waals surface area contributed by atoms with Crippen molar-refractivity contribution in [3.63, 3.8) is 0 Å². The molecular formula is C9H8BrNO2. The Bertz CT molecular complexity index is 338. The zero-order valence-electron chi connectivity index (χ0n) is 6.84. The smallest absolute Gasteiger partial charge is 0.232 e. The number of amides is 1. The Morgan fingerprint density at radius 1 is 1.77 bits per heavy atom. The largest absolute Gasteiger partial charge is 0.457 e. The highest BCUT2D eigenvalue weighted by Crippen LogP contribution is 2.13. The Balaban J connectivity index is 2.36. The molecule has 0 aliphatic rings. The zero-order valence-corrected chi connectivity index (χ0v) is 8.43. The van der Waals surface area contributed by atoms with Gasteiger partial charge < -0.3 is 9.73 Å². The van der Waals surface area contributed by atoms with Crippen molar-refractivity contribution in [1.29, 1.82) is 0 Å². The number of hydrogen-bond acceptors (Lipinski definition) is 2. The van der Waals surface area contributed by atoms with E-state index in [0.717, 1.165) is 5.56 Å². The van der Waals surface area contributed by atoms with Gasteiger partial charge in [0.25, 0.3) is 0 Å². The Labute approximate surface area is 84.6 Å². The monoisotopic (exact) mass is 241 g/mol. The van der Waals surface area contributed by atoms with Crippen molar-refractivity contribution < 1.29 is 9.21 Å². The summed E-state index contributed by atoms with van der Waals surface area (Å²) in [6.07, 6.45) is 6.65. The Kier molecular flexibility index (Phi) is 3.59. The number of nitrogens with one attached hydrogen (secondary N) is 1. The number of carbonyl (C=O) groups excluding carboxylic acids is 1. The molecule has 0 spiro atoms. The highest BCUT2D eigenvalue weighted by molar-refractivity contribution is 9.10. The summed E-state index contributed by atoms with van der Waals surface area (Å²) in [5.74, 6) is 2.11. The van der Waals surface area contributed by atoms with E-state index in [1.165, 1.54) is 0 Å². The summed E-state index contributed by atoms with van der Waals surface area (Å²) >= 11 is 3.16. The van der Waals surface area contributed by atoms with Crippen LogP contribution in [-0.4, -0.2) is 5.91 Å². The fourth-order valence-corrected chi connectivity index (χ4v) is 1.18. The van der Waals surface area contributed by atoms with Gasteiger partial charge in [-0.2, -0.15) is 0 Å². The maximum Gasteiger partial charge on any atom is 0.232 e. The van der Waals surface area contributed by atoms with Crippen LogP contribution in [0.15, 0.2) is 21.4 Å². The molecule has 1 rings (SSSR count). The third-order valence-corrected chi connectivity index (χ3v) is 1.79. The molecule has 0 aromatic carbocycles. The van der Waals surface area contributed by atoms with Crippen molar-refractivity contribution in [2.75, 3.05) is 0 Å². The van der Waals surface area contributed by atoms with Crippen molar-refractivity contribution in [3.8, 4) is 12.3 Å². The van der Waals surface area contributed by atoms with Crippen LogP contribution < -0.4 is 5.32 Å². The van der Waals surface area contributed by atoms with Crippen LogP contribution in [-0.2, 0) is 11.3 Å². The van der Waals surface area contributed by atoms with Gasteiger partial charge in [-0.3, -0.25) is 4.79 Å². The van der Waals surface area contributed by atoms with Crippen LogP contribution in [0.25, 0.3) is 0 Å². The molecule has 0 saturated carbocycles. The third kappa shape index (κ3) is 3.34. The quantitative estimate of drug-likeness (QED) is 0.819. The Morgan fingerprint density at radius 2 is 2.54 bits per heavy atom. The number of halogens is 1. The topological polar surface area (TPSA) is 42.2 Å². The van der Waals surface area contributed by atoms with Crippen molar-refractivity contribution in [1.82, 2.24) is 5.32 Å². The lowest BCUT2D eigenvalue weighted by Crippen LogP contribution is -2.21. The van der Waals surface area contributed by atoms with Crippen LogP contribution in [0.5, 0.6) is 0 Å². The molecule has 0 bridgehead atoms. The maximum absolute atomic E-state index is 10.9. The van der Waals surface area contributed by atoms with Crippen LogP contribution in [0.2, 0.25) is 0 Å². The summed E-state index contributed by atoms with van der Waals surface area (Å²) < 4.78 is 5.63. The first-order valence-corrected chi connectivity index (χ1v) is 4.44. The number of furan rings is 1. The number of carbonyl (C=O) groups is 1.